The second-order valence-corrected chi connectivity index (χ2v) is 12.3. The maximum Gasteiger partial charge on any atom is 0.475 e. The third kappa shape index (κ3) is 15.3. The summed E-state index contributed by atoms with van der Waals surface area (Å²) in [6.45, 7) is 0.618. The molecule has 3 atom stereocenters. The van der Waals surface area contributed by atoms with Crippen LogP contribution in [-0.4, -0.2) is 220 Å². The monoisotopic (exact) mass is 716 g/mol. The molecule has 2 aliphatic rings. The van der Waals surface area contributed by atoms with Gasteiger partial charge in [-0.2, -0.15) is 0 Å². The zero-order valence-electron chi connectivity index (χ0n) is 28.1. The highest BCUT2D eigenvalue weighted by molar-refractivity contribution is 6.43. The Kier molecular flexibility index (Phi) is 18.0. The predicted octanol–water partition coefficient (Wildman–Crippen LogP) is -6.44. The minimum absolute atomic E-state index is 0.186. The fourth-order valence-corrected chi connectivity index (χ4v) is 5.66. The zero-order chi connectivity index (χ0) is 37.4. The quantitative estimate of drug-likeness (QED) is 0.0671. The van der Waals surface area contributed by atoms with E-state index in [4.69, 9.17) is 0 Å². The number of carboxylic acids is 3. The Morgan fingerprint density at radius 3 is 1.52 bits per heavy atom. The van der Waals surface area contributed by atoms with Crippen LogP contribution in [0.5, 0.6) is 0 Å². The minimum Gasteiger partial charge on any atom is -0.480 e. The Hall–Kier alpha value is -3.93. The van der Waals surface area contributed by atoms with Crippen LogP contribution in [-0.2, 0) is 33.6 Å². The number of aliphatic carboxylic acids is 3. The smallest absolute Gasteiger partial charge is 0.475 e. The molecule has 21 nitrogen and oxygen atoms in total. The Morgan fingerprint density at radius 1 is 0.680 bits per heavy atom. The molecule has 22 heteroatoms. The van der Waals surface area contributed by atoms with E-state index in [9.17, 15) is 64.0 Å². The first-order valence-electron chi connectivity index (χ1n) is 16.3. The molecule has 0 radical (unpaired) electrons. The van der Waals surface area contributed by atoms with Crippen LogP contribution in [0.4, 0.5) is 0 Å². The predicted molar refractivity (Wildman–Crippen MR) is 173 cm³/mol. The molecule has 0 aromatic carbocycles. The lowest BCUT2D eigenvalue weighted by Crippen LogP contribution is -2.57. The average Bonchev–Trinajstić information content (AvgIpc) is 3.53. The molecule has 0 bridgehead atoms. The number of nitrogens with zero attached hydrogens (tertiary/aromatic N) is 5. The minimum atomic E-state index is -1.74. The van der Waals surface area contributed by atoms with Gasteiger partial charge in [0.05, 0.1) is 45.3 Å². The summed E-state index contributed by atoms with van der Waals surface area (Å²) >= 11 is 0. The topological polar surface area (TPSA) is 293 Å². The molecule has 2 saturated heterocycles. The van der Waals surface area contributed by atoms with Crippen molar-refractivity contribution < 1.29 is 64.0 Å². The van der Waals surface area contributed by atoms with Gasteiger partial charge in [0.1, 0.15) is 12.1 Å². The van der Waals surface area contributed by atoms with Gasteiger partial charge in [-0.15, -0.1) is 0 Å². The van der Waals surface area contributed by atoms with Gasteiger partial charge in [-0.3, -0.25) is 53.2 Å². The van der Waals surface area contributed by atoms with Gasteiger partial charge in [0.25, 0.3) is 0 Å². The standard InChI is InChI=1S/C28H49BN8O13/c1-19(28(48)37-4-2-3-21(37)29(49)50)31-27(47)20(18-38)32-22(39)13-30-23(40)14-33-5-7-34(15-24(41)42)9-11-36(17-26(45)46)12-10-35(8-6-33)16-25(43)44/h19-21,38,49-50H,2-18H2,1H3,(H,30,40)(H,31,47)(H,32,39)(H,41,42)(H,43,44)(H,45,46)/t19-,20+,21+/m1/s1. The van der Waals surface area contributed by atoms with Gasteiger partial charge < -0.3 is 51.3 Å². The van der Waals surface area contributed by atoms with E-state index >= 15 is 0 Å². The van der Waals surface area contributed by atoms with Crippen molar-refractivity contribution in [3.05, 3.63) is 0 Å². The zero-order valence-corrected chi connectivity index (χ0v) is 28.1. The molecule has 0 unspecified atom stereocenters. The summed E-state index contributed by atoms with van der Waals surface area (Å²) in [5.41, 5.74) is 0. The SMILES string of the molecule is C[C@@H](NC(=O)[C@H](CO)NC(=O)CNC(=O)CN1CCN(CC(=O)O)CCN(CC(=O)O)CCN(CC(=O)O)CC1)C(=O)N1CCC[C@H]1B(O)O. The normalized spacial score (nSPS) is 20.1. The molecule has 2 fully saturated rings. The molecule has 0 aromatic heterocycles. The van der Waals surface area contributed by atoms with Crippen molar-refractivity contribution in [1.29, 1.82) is 0 Å². The van der Waals surface area contributed by atoms with Crippen LogP contribution >= 0.6 is 0 Å². The second kappa shape index (κ2) is 21.3. The molecule has 50 heavy (non-hydrogen) atoms. The van der Waals surface area contributed by atoms with E-state index in [1.54, 1.807) is 19.6 Å². The van der Waals surface area contributed by atoms with Gasteiger partial charge in [-0.25, -0.2) is 0 Å². The van der Waals surface area contributed by atoms with Crippen molar-refractivity contribution in [2.24, 2.45) is 0 Å². The van der Waals surface area contributed by atoms with Crippen LogP contribution < -0.4 is 16.0 Å². The van der Waals surface area contributed by atoms with Crippen LogP contribution in [0.15, 0.2) is 0 Å². The molecule has 4 amide bonds. The number of hydrogen-bond acceptors (Lipinski definition) is 14. The first kappa shape index (κ1) is 42.2. The Balaban J connectivity index is 1.97. The lowest BCUT2D eigenvalue weighted by molar-refractivity contribution is -0.140. The highest BCUT2D eigenvalue weighted by atomic mass is 16.4. The lowest BCUT2D eigenvalue weighted by atomic mass is 9.78. The van der Waals surface area contributed by atoms with Gasteiger partial charge in [0.15, 0.2) is 0 Å². The van der Waals surface area contributed by atoms with Crippen LogP contribution in [0, 0.1) is 0 Å². The number of rotatable bonds is 16. The maximum atomic E-state index is 12.8. The summed E-state index contributed by atoms with van der Waals surface area (Å²) in [6, 6.07) is -2.57. The first-order valence-corrected chi connectivity index (χ1v) is 16.3. The van der Waals surface area contributed by atoms with Crippen molar-refractivity contribution in [3.63, 3.8) is 0 Å². The molecule has 0 saturated carbocycles. The summed E-state index contributed by atoms with van der Waals surface area (Å²) in [4.78, 5) is 92.9. The van der Waals surface area contributed by atoms with Gasteiger partial charge in [0, 0.05) is 58.9 Å². The van der Waals surface area contributed by atoms with E-state index in [1.165, 1.54) is 11.8 Å². The van der Waals surface area contributed by atoms with Crippen LogP contribution in [0.3, 0.4) is 0 Å². The summed E-state index contributed by atoms with van der Waals surface area (Å²) < 4.78 is 0. The van der Waals surface area contributed by atoms with Gasteiger partial charge in [-0.1, -0.05) is 0 Å². The Morgan fingerprint density at radius 2 is 1.12 bits per heavy atom. The van der Waals surface area contributed by atoms with Crippen LogP contribution in [0.1, 0.15) is 19.8 Å². The number of nitrogens with one attached hydrogen (secondary N) is 3. The number of carbonyl (C=O) groups excluding carboxylic acids is 4. The fourth-order valence-electron chi connectivity index (χ4n) is 5.66. The van der Waals surface area contributed by atoms with Gasteiger partial charge >= 0.3 is 25.0 Å². The van der Waals surface area contributed by atoms with Crippen LogP contribution in [0.25, 0.3) is 0 Å². The number of aliphatic hydroxyl groups is 1. The van der Waals surface area contributed by atoms with E-state index in [0.29, 0.717) is 12.8 Å². The third-order valence-corrected chi connectivity index (χ3v) is 8.31. The third-order valence-electron chi connectivity index (χ3n) is 8.31. The van der Waals surface area contributed by atoms with Crippen molar-refractivity contribution in [2.75, 3.05) is 98.2 Å². The molecule has 2 rings (SSSR count). The highest BCUT2D eigenvalue weighted by Crippen LogP contribution is 2.19. The number of likely N-dealkylation sites (tertiary alicyclic amines) is 1. The van der Waals surface area contributed by atoms with Gasteiger partial charge in [0.2, 0.25) is 23.6 Å². The van der Waals surface area contributed by atoms with Crippen molar-refractivity contribution in [3.8, 4) is 0 Å². The molecule has 2 heterocycles. The molecular formula is C28H49BN8O13. The summed E-state index contributed by atoms with van der Waals surface area (Å²) in [5, 5.41) is 63.8. The second-order valence-electron chi connectivity index (χ2n) is 12.3. The lowest BCUT2D eigenvalue weighted by Gasteiger charge is -2.32. The van der Waals surface area contributed by atoms with E-state index in [1.807, 2.05) is 0 Å². The molecule has 0 spiro atoms. The van der Waals surface area contributed by atoms with E-state index in [0.717, 1.165) is 0 Å². The number of amides is 4. The van der Waals surface area contributed by atoms with Gasteiger partial charge in [-0.05, 0) is 19.8 Å². The summed E-state index contributed by atoms with van der Waals surface area (Å²) in [6.07, 6.45) is 0.930. The molecular weight excluding hydrogens is 667 g/mol. The number of carboxylic acid groups (broad SMARTS) is 3. The molecule has 2 aliphatic heterocycles. The number of hydrogen-bond donors (Lipinski definition) is 9. The first-order chi connectivity index (χ1) is 23.6. The number of carbonyl (C=O) groups is 7. The number of aliphatic hydroxyl groups excluding tert-OH is 1. The van der Waals surface area contributed by atoms with Crippen molar-refractivity contribution in [1.82, 2.24) is 40.4 Å². The van der Waals surface area contributed by atoms with E-state index in [2.05, 4.69) is 16.0 Å². The maximum absolute atomic E-state index is 12.8. The average molecular weight is 717 g/mol. The molecule has 0 aromatic rings. The largest absolute Gasteiger partial charge is 0.480 e. The fraction of sp³-hybridized carbons (Fsp3) is 0.750. The summed E-state index contributed by atoms with van der Waals surface area (Å²) in [7, 11) is -1.74. The molecule has 282 valence electrons. The Labute approximate surface area is 289 Å². The summed E-state index contributed by atoms with van der Waals surface area (Å²) in [5.74, 6) is -6.96. The van der Waals surface area contributed by atoms with Crippen molar-refractivity contribution in [2.45, 2.75) is 37.8 Å². The Bertz CT molecular complexity index is 1170. The van der Waals surface area contributed by atoms with E-state index in [-0.39, 0.29) is 85.1 Å². The van der Waals surface area contributed by atoms with Crippen LogP contribution in [0.2, 0.25) is 0 Å². The highest BCUT2D eigenvalue weighted by Gasteiger charge is 2.39. The van der Waals surface area contributed by atoms with Crippen molar-refractivity contribution >= 4 is 48.7 Å². The van der Waals surface area contributed by atoms with E-state index < -0.39 is 79.8 Å². The molecule has 0 aliphatic carbocycles. The molecule has 9 N–H and O–H groups in total.